The molecule has 2 aromatic carbocycles. The van der Waals surface area contributed by atoms with Crippen LogP contribution in [0.1, 0.15) is 24.2 Å². The van der Waals surface area contributed by atoms with Crippen molar-refractivity contribution in [3.8, 4) is 0 Å². The maximum absolute atomic E-state index is 13.8. The number of nitrogens with zero attached hydrogens (tertiary/aromatic N) is 4. The molecule has 7 nitrogen and oxygen atoms in total. The predicted octanol–water partition coefficient (Wildman–Crippen LogP) is 3.75. The lowest BCUT2D eigenvalue weighted by Gasteiger charge is -2.37. The molecule has 0 saturated heterocycles. The van der Waals surface area contributed by atoms with Gasteiger partial charge < -0.3 is 4.74 Å². The molecule has 0 fully saturated rings. The second kappa shape index (κ2) is 8.26. The smallest absolute Gasteiger partial charge is 0.321 e. The van der Waals surface area contributed by atoms with Crippen LogP contribution in [0, 0.1) is 5.92 Å². The number of pyridine rings is 1. The maximum atomic E-state index is 13.8. The number of esters is 1. The summed E-state index contributed by atoms with van der Waals surface area (Å²) in [6.45, 7) is 2.22. The lowest BCUT2D eigenvalue weighted by molar-refractivity contribution is -0.153. The molecule has 0 N–H and O–H groups in total. The molecule has 0 radical (unpaired) electrons. The highest BCUT2D eigenvalue weighted by atomic mass is 16.5. The molecule has 2 atom stereocenters. The van der Waals surface area contributed by atoms with Gasteiger partial charge in [0, 0.05) is 6.20 Å². The van der Waals surface area contributed by atoms with Crippen LogP contribution in [0.4, 0.5) is 5.95 Å². The predicted molar refractivity (Wildman–Crippen MR) is 120 cm³/mol. The zero-order valence-corrected chi connectivity index (χ0v) is 17.6. The molecule has 32 heavy (non-hydrogen) atoms. The molecule has 2 aromatic heterocycles. The average Bonchev–Trinajstić information content (AvgIpc) is 3.21. The van der Waals surface area contributed by atoms with Crippen LogP contribution in [0.2, 0.25) is 0 Å². The number of rotatable bonds is 5. The Kier molecular flexibility index (Phi) is 5.15. The van der Waals surface area contributed by atoms with Crippen LogP contribution in [0.25, 0.3) is 11.0 Å². The van der Waals surface area contributed by atoms with Gasteiger partial charge in [-0.25, -0.2) is 4.98 Å². The molecule has 0 unspecified atom stereocenters. The minimum absolute atomic E-state index is 0.188. The van der Waals surface area contributed by atoms with Gasteiger partial charge in [0.05, 0.1) is 29.9 Å². The number of carbonyl (C=O) groups excluding carboxylic acids is 2. The fourth-order valence-corrected chi connectivity index (χ4v) is 4.28. The third-order valence-corrected chi connectivity index (χ3v) is 5.66. The highest BCUT2D eigenvalue weighted by molar-refractivity contribution is 6.08. The maximum Gasteiger partial charge on any atom is 0.321 e. The van der Waals surface area contributed by atoms with Crippen LogP contribution in [0.3, 0.4) is 0 Å². The largest absolute Gasteiger partial charge is 0.465 e. The van der Waals surface area contributed by atoms with Crippen molar-refractivity contribution in [2.45, 2.75) is 19.5 Å². The summed E-state index contributed by atoms with van der Waals surface area (Å²) in [6, 6.07) is 22.2. The van der Waals surface area contributed by atoms with Gasteiger partial charge in [0.1, 0.15) is 6.04 Å². The molecule has 0 bridgehead atoms. The molecule has 160 valence electrons. The molecule has 0 saturated carbocycles. The van der Waals surface area contributed by atoms with Gasteiger partial charge in [0.25, 0.3) is 0 Å². The van der Waals surface area contributed by atoms with E-state index in [1.54, 1.807) is 18.0 Å². The number of ether oxygens (including phenoxy) is 1. The van der Waals surface area contributed by atoms with Gasteiger partial charge >= 0.3 is 5.97 Å². The van der Waals surface area contributed by atoms with Crippen LogP contribution in [0.5, 0.6) is 0 Å². The first-order valence-electron chi connectivity index (χ1n) is 10.6. The summed E-state index contributed by atoms with van der Waals surface area (Å²) in [5.41, 5.74) is 3.14. The number of aromatic nitrogens is 3. The van der Waals surface area contributed by atoms with E-state index in [2.05, 4.69) is 4.98 Å². The molecule has 1 aliphatic heterocycles. The first-order valence-corrected chi connectivity index (χ1v) is 10.6. The molecule has 7 heteroatoms. The molecule has 1 aliphatic rings. The highest BCUT2D eigenvalue weighted by Crippen LogP contribution is 2.41. The van der Waals surface area contributed by atoms with Crippen molar-refractivity contribution >= 4 is 28.9 Å². The summed E-state index contributed by atoms with van der Waals surface area (Å²) in [7, 11) is 0. The van der Waals surface area contributed by atoms with Crippen molar-refractivity contribution in [2.24, 2.45) is 5.92 Å². The lowest BCUT2D eigenvalue weighted by Crippen LogP contribution is -2.50. The summed E-state index contributed by atoms with van der Waals surface area (Å²) in [5.74, 6) is -1.48. The van der Waals surface area contributed by atoms with E-state index in [4.69, 9.17) is 9.72 Å². The van der Waals surface area contributed by atoms with Crippen molar-refractivity contribution in [1.29, 1.82) is 0 Å². The van der Waals surface area contributed by atoms with Gasteiger partial charge in [-0.05, 0) is 36.8 Å². The van der Waals surface area contributed by atoms with Gasteiger partial charge in [0.2, 0.25) is 11.9 Å². The second-order valence-electron chi connectivity index (χ2n) is 7.61. The zero-order chi connectivity index (χ0) is 22.1. The number of benzene rings is 2. The summed E-state index contributed by atoms with van der Waals surface area (Å²) < 4.78 is 7.31. The molecule has 3 heterocycles. The SMILES string of the molecule is CCOC(=O)[C@@H]1C(=O)N(Cc2ccccc2)c2nc3ccccc3n2[C@@H]1c1ccccn1. The van der Waals surface area contributed by atoms with Gasteiger partial charge in [-0.1, -0.05) is 48.5 Å². The Balaban J connectivity index is 1.75. The van der Waals surface area contributed by atoms with Gasteiger partial charge in [-0.2, -0.15) is 0 Å². The molecule has 0 aliphatic carbocycles. The number of para-hydroxylation sites is 2. The Bertz CT molecular complexity index is 1270. The molecule has 4 aromatic rings. The van der Waals surface area contributed by atoms with E-state index >= 15 is 0 Å². The summed E-state index contributed by atoms with van der Waals surface area (Å²) in [4.78, 5) is 37.8. The quantitative estimate of drug-likeness (QED) is 0.359. The third kappa shape index (κ3) is 3.32. The van der Waals surface area contributed by atoms with Crippen LogP contribution in [0.15, 0.2) is 79.0 Å². The van der Waals surface area contributed by atoms with Crippen LogP contribution in [-0.2, 0) is 20.9 Å². The van der Waals surface area contributed by atoms with Crippen LogP contribution < -0.4 is 4.90 Å². The van der Waals surface area contributed by atoms with Crippen molar-refractivity contribution in [3.05, 3.63) is 90.3 Å². The zero-order valence-electron chi connectivity index (χ0n) is 17.6. The molecular formula is C25H22N4O3. The van der Waals surface area contributed by atoms with E-state index in [1.165, 1.54) is 0 Å². The summed E-state index contributed by atoms with van der Waals surface area (Å²) >= 11 is 0. The van der Waals surface area contributed by atoms with Gasteiger partial charge in [-0.3, -0.25) is 24.0 Å². The van der Waals surface area contributed by atoms with E-state index in [0.29, 0.717) is 18.2 Å². The van der Waals surface area contributed by atoms with Gasteiger partial charge in [0.15, 0.2) is 5.92 Å². The minimum atomic E-state index is -1.07. The summed E-state index contributed by atoms with van der Waals surface area (Å²) in [5, 5.41) is 0. The first kappa shape index (κ1) is 19.9. The van der Waals surface area contributed by atoms with Crippen LogP contribution in [-0.4, -0.2) is 33.0 Å². The van der Waals surface area contributed by atoms with Crippen LogP contribution >= 0.6 is 0 Å². The fourth-order valence-electron chi connectivity index (χ4n) is 4.28. The number of fused-ring (bicyclic) bond motifs is 3. The Labute approximate surface area is 185 Å². The Morgan fingerprint density at radius 2 is 1.75 bits per heavy atom. The average molecular weight is 426 g/mol. The van der Waals surface area contributed by atoms with Crippen molar-refractivity contribution < 1.29 is 14.3 Å². The third-order valence-electron chi connectivity index (χ3n) is 5.66. The number of hydrogen-bond acceptors (Lipinski definition) is 5. The monoisotopic (exact) mass is 426 g/mol. The number of anilines is 1. The van der Waals surface area contributed by atoms with Crippen molar-refractivity contribution in [1.82, 2.24) is 14.5 Å². The van der Waals surface area contributed by atoms with Crippen molar-refractivity contribution in [3.63, 3.8) is 0 Å². The molecule has 1 amide bonds. The normalized spacial score (nSPS) is 17.9. The van der Waals surface area contributed by atoms with E-state index in [-0.39, 0.29) is 12.5 Å². The highest BCUT2D eigenvalue weighted by Gasteiger charge is 2.48. The second-order valence-corrected chi connectivity index (χ2v) is 7.61. The summed E-state index contributed by atoms with van der Waals surface area (Å²) in [6.07, 6.45) is 1.66. The van der Waals surface area contributed by atoms with E-state index in [0.717, 1.165) is 16.6 Å². The minimum Gasteiger partial charge on any atom is -0.465 e. The molecular weight excluding hydrogens is 404 g/mol. The lowest BCUT2D eigenvalue weighted by atomic mass is 9.92. The standard InChI is InChI=1S/C25H22N4O3/c1-2-32-24(31)21-22(19-13-8-9-15-26-19)29-20-14-7-6-12-18(20)27-25(29)28(23(21)30)16-17-10-4-3-5-11-17/h3-15,21-22H,2,16H2,1H3/t21-,22+/m0/s1. The Morgan fingerprint density at radius 1 is 1.00 bits per heavy atom. The number of carbonyl (C=O) groups is 2. The molecule has 5 rings (SSSR count). The first-order chi connectivity index (χ1) is 15.7. The number of hydrogen-bond donors (Lipinski definition) is 0. The Morgan fingerprint density at radius 3 is 2.50 bits per heavy atom. The van der Waals surface area contributed by atoms with E-state index in [9.17, 15) is 9.59 Å². The Hall–Kier alpha value is -4.00. The number of amides is 1. The van der Waals surface area contributed by atoms with E-state index < -0.39 is 17.9 Å². The molecule has 0 spiro atoms. The van der Waals surface area contributed by atoms with E-state index in [1.807, 2.05) is 77.4 Å². The topological polar surface area (TPSA) is 77.3 Å². The van der Waals surface area contributed by atoms with Crippen molar-refractivity contribution in [2.75, 3.05) is 11.5 Å². The fraction of sp³-hybridized carbons (Fsp3) is 0.200. The van der Waals surface area contributed by atoms with Gasteiger partial charge in [-0.15, -0.1) is 0 Å². The number of imidazole rings is 1.